The molecule has 3 heteroatoms. The lowest BCUT2D eigenvalue weighted by molar-refractivity contribution is -0.143. The second-order valence-electron chi connectivity index (χ2n) is 11.2. The number of hydrogen-bond acceptors (Lipinski definition) is 3. The number of carbonyl (C=O) groups is 1. The summed E-state index contributed by atoms with van der Waals surface area (Å²) in [5, 5.41) is 10.2. The zero-order chi connectivity index (χ0) is 20.8. The molecule has 0 radical (unpaired) electrons. The Labute approximate surface area is 177 Å². The van der Waals surface area contributed by atoms with Crippen LogP contribution in [0.25, 0.3) is 0 Å². The van der Waals surface area contributed by atoms with E-state index in [1.54, 1.807) is 5.57 Å². The molecule has 4 rings (SSSR count). The van der Waals surface area contributed by atoms with Gasteiger partial charge in [-0.25, -0.2) is 0 Å². The van der Waals surface area contributed by atoms with Gasteiger partial charge in [-0.3, -0.25) is 4.79 Å². The predicted octanol–water partition coefficient (Wildman–Crippen LogP) is 5.91. The summed E-state index contributed by atoms with van der Waals surface area (Å²) in [7, 11) is 0. The van der Waals surface area contributed by atoms with Crippen LogP contribution in [-0.2, 0) is 9.53 Å². The number of fused-ring (bicyclic) bond motifs is 5. The molecule has 0 aromatic heterocycles. The van der Waals surface area contributed by atoms with Gasteiger partial charge in [-0.15, -0.1) is 0 Å². The van der Waals surface area contributed by atoms with Gasteiger partial charge in [0.2, 0.25) is 0 Å². The zero-order valence-corrected chi connectivity index (χ0v) is 19.1. The van der Waals surface area contributed by atoms with Crippen LogP contribution in [0, 0.1) is 40.4 Å². The maximum Gasteiger partial charge on any atom is 0.305 e. The molecule has 4 aliphatic rings. The van der Waals surface area contributed by atoms with E-state index in [2.05, 4.69) is 26.8 Å². The Bertz CT molecular complexity index is 654. The highest BCUT2D eigenvalue weighted by Crippen LogP contribution is 2.67. The van der Waals surface area contributed by atoms with Crippen molar-refractivity contribution in [3.05, 3.63) is 11.6 Å². The van der Waals surface area contributed by atoms with E-state index >= 15 is 0 Å². The summed E-state index contributed by atoms with van der Waals surface area (Å²) in [4.78, 5) is 11.9. The number of aliphatic hydroxyl groups is 1. The van der Waals surface area contributed by atoms with Crippen molar-refractivity contribution in [1.29, 1.82) is 0 Å². The monoisotopic (exact) mass is 402 g/mol. The summed E-state index contributed by atoms with van der Waals surface area (Å²) in [6.45, 7) is 9.87. The first kappa shape index (κ1) is 21.4. The van der Waals surface area contributed by atoms with E-state index in [0.29, 0.717) is 29.8 Å². The fourth-order valence-electron chi connectivity index (χ4n) is 8.47. The Kier molecular flexibility index (Phi) is 5.92. The van der Waals surface area contributed by atoms with Crippen LogP contribution in [0.5, 0.6) is 0 Å². The van der Waals surface area contributed by atoms with E-state index in [-0.39, 0.29) is 12.1 Å². The topological polar surface area (TPSA) is 46.5 Å². The molecule has 3 fully saturated rings. The Morgan fingerprint density at radius 2 is 1.97 bits per heavy atom. The van der Waals surface area contributed by atoms with Crippen LogP contribution in [0.3, 0.4) is 0 Å². The molecular formula is C26H42O3. The zero-order valence-electron chi connectivity index (χ0n) is 19.1. The second kappa shape index (κ2) is 8.02. The number of ether oxygens (including phenoxy) is 1. The average Bonchev–Trinajstić information content (AvgIpc) is 3.04. The molecule has 0 unspecified atom stereocenters. The van der Waals surface area contributed by atoms with Gasteiger partial charge in [0.1, 0.15) is 0 Å². The minimum absolute atomic E-state index is 0.0261. The lowest BCUT2D eigenvalue weighted by atomic mass is 9.46. The largest absolute Gasteiger partial charge is 0.466 e. The summed E-state index contributed by atoms with van der Waals surface area (Å²) in [6, 6.07) is 0. The molecule has 0 aromatic carbocycles. The van der Waals surface area contributed by atoms with Crippen LogP contribution >= 0.6 is 0 Å². The van der Waals surface area contributed by atoms with Crippen LogP contribution in [0.2, 0.25) is 0 Å². The first-order chi connectivity index (χ1) is 13.8. The van der Waals surface area contributed by atoms with Gasteiger partial charge in [0.05, 0.1) is 12.7 Å². The highest BCUT2D eigenvalue weighted by molar-refractivity contribution is 5.69. The van der Waals surface area contributed by atoms with Crippen LogP contribution < -0.4 is 0 Å². The molecule has 8 atom stereocenters. The Morgan fingerprint density at radius 1 is 1.17 bits per heavy atom. The summed E-state index contributed by atoms with van der Waals surface area (Å²) in [5.74, 6) is 3.84. The molecule has 29 heavy (non-hydrogen) atoms. The second-order valence-corrected chi connectivity index (χ2v) is 11.2. The molecule has 3 nitrogen and oxygen atoms in total. The van der Waals surface area contributed by atoms with Crippen molar-refractivity contribution in [2.75, 3.05) is 6.61 Å². The van der Waals surface area contributed by atoms with Gasteiger partial charge in [0.15, 0.2) is 0 Å². The lowest BCUT2D eigenvalue weighted by Gasteiger charge is -2.59. The highest BCUT2D eigenvalue weighted by Gasteiger charge is 2.59. The van der Waals surface area contributed by atoms with E-state index < -0.39 is 0 Å². The fraction of sp³-hybridized carbons (Fsp3) is 0.885. The molecule has 0 spiro atoms. The molecule has 0 heterocycles. The van der Waals surface area contributed by atoms with E-state index in [9.17, 15) is 9.90 Å². The maximum absolute atomic E-state index is 11.9. The van der Waals surface area contributed by atoms with Gasteiger partial charge in [-0.2, -0.15) is 0 Å². The molecular weight excluding hydrogens is 360 g/mol. The minimum Gasteiger partial charge on any atom is -0.466 e. The smallest absolute Gasteiger partial charge is 0.305 e. The number of hydrogen-bond donors (Lipinski definition) is 1. The maximum atomic E-state index is 11.9. The van der Waals surface area contributed by atoms with Crippen molar-refractivity contribution in [3.8, 4) is 0 Å². The standard InChI is InChI=1S/C26H42O3/c1-5-29-24(28)11-6-17(2)21-9-10-22-20-8-7-18-16-19(27)12-14-25(18,3)23(20)13-15-26(21,22)4/h16-17,19-23,27H,5-15H2,1-4H3/t17-,19+,20+,21-,22-,23-,25-,26+/m0/s1. The molecule has 4 aliphatic carbocycles. The first-order valence-electron chi connectivity index (χ1n) is 12.3. The van der Waals surface area contributed by atoms with Gasteiger partial charge in [0.25, 0.3) is 0 Å². The SMILES string of the molecule is CCOC(=O)CC[C@H](C)[C@@H]1CC[C@H]2[C@H]3CCC4=C[C@H](O)CC[C@]4(C)[C@H]3CC[C@@]21C. The molecule has 3 saturated carbocycles. The number of rotatable bonds is 5. The van der Waals surface area contributed by atoms with Gasteiger partial charge in [-0.05, 0) is 105 Å². The van der Waals surface area contributed by atoms with Crippen LogP contribution in [0.1, 0.15) is 91.9 Å². The summed E-state index contributed by atoms with van der Waals surface area (Å²) < 4.78 is 5.16. The lowest BCUT2D eigenvalue weighted by Crippen LogP contribution is -2.51. The third-order valence-electron chi connectivity index (χ3n) is 9.96. The van der Waals surface area contributed by atoms with Gasteiger partial charge in [0, 0.05) is 6.42 Å². The Balaban J connectivity index is 1.47. The molecule has 164 valence electrons. The quantitative estimate of drug-likeness (QED) is 0.459. The van der Waals surface area contributed by atoms with Crippen molar-refractivity contribution in [2.24, 2.45) is 40.4 Å². The van der Waals surface area contributed by atoms with E-state index in [1.807, 2.05) is 6.92 Å². The number of esters is 1. The molecule has 1 N–H and O–H groups in total. The fourth-order valence-corrected chi connectivity index (χ4v) is 8.47. The van der Waals surface area contributed by atoms with Crippen molar-refractivity contribution in [2.45, 2.75) is 98.0 Å². The normalized spacial score (nSPS) is 44.9. The summed E-state index contributed by atoms with van der Waals surface area (Å²) in [5.41, 5.74) is 2.34. The predicted molar refractivity (Wildman–Crippen MR) is 116 cm³/mol. The average molecular weight is 403 g/mol. The van der Waals surface area contributed by atoms with E-state index in [4.69, 9.17) is 4.74 Å². The summed E-state index contributed by atoms with van der Waals surface area (Å²) >= 11 is 0. The first-order valence-corrected chi connectivity index (χ1v) is 12.3. The molecule has 0 saturated heterocycles. The van der Waals surface area contributed by atoms with Gasteiger partial charge >= 0.3 is 5.97 Å². The third-order valence-corrected chi connectivity index (χ3v) is 9.96. The summed E-state index contributed by atoms with van der Waals surface area (Å²) in [6.07, 6.45) is 13.6. The van der Waals surface area contributed by atoms with Gasteiger partial charge < -0.3 is 9.84 Å². The van der Waals surface area contributed by atoms with Crippen LogP contribution in [0.4, 0.5) is 0 Å². The van der Waals surface area contributed by atoms with Crippen molar-refractivity contribution in [1.82, 2.24) is 0 Å². The molecule has 0 aliphatic heterocycles. The minimum atomic E-state index is -0.209. The number of carbonyl (C=O) groups excluding carboxylic acids is 1. The van der Waals surface area contributed by atoms with E-state index in [1.165, 1.54) is 44.9 Å². The number of aliphatic hydroxyl groups excluding tert-OH is 1. The Morgan fingerprint density at radius 3 is 2.72 bits per heavy atom. The van der Waals surface area contributed by atoms with Crippen molar-refractivity contribution in [3.63, 3.8) is 0 Å². The molecule has 0 bridgehead atoms. The number of allylic oxidation sites excluding steroid dienone is 1. The van der Waals surface area contributed by atoms with Crippen molar-refractivity contribution < 1.29 is 14.6 Å². The van der Waals surface area contributed by atoms with Crippen molar-refractivity contribution >= 4 is 5.97 Å². The third kappa shape index (κ3) is 3.60. The molecule has 0 amide bonds. The van der Waals surface area contributed by atoms with Crippen LogP contribution in [0.15, 0.2) is 11.6 Å². The highest BCUT2D eigenvalue weighted by atomic mass is 16.5. The van der Waals surface area contributed by atoms with Crippen LogP contribution in [-0.4, -0.2) is 23.8 Å². The van der Waals surface area contributed by atoms with E-state index in [0.717, 1.165) is 36.5 Å². The Hall–Kier alpha value is -0.830. The van der Waals surface area contributed by atoms with Gasteiger partial charge in [-0.1, -0.05) is 32.4 Å². The molecule has 0 aromatic rings.